The Hall–Kier alpha value is -1.15. The SMILES string of the molecule is CSNN(NC(C)=O)C(=O)N=N. The van der Waals surface area contributed by atoms with E-state index in [2.05, 4.69) is 15.4 Å². The van der Waals surface area contributed by atoms with Gasteiger partial charge in [0.05, 0.1) is 0 Å². The molecule has 0 aromatic carbocycles. The van der Waals surface area contributed by atoms with E-state index < -0.39 is 11.9 Å². The van der Waals surface area contributed by atoms with Crippen molar-refractivity contribution < 1.29 is 9.59 Å². The van der Waals surface area contributed by atoms with Crippen LogP contribution in [0.2, 0.25) is 0 Å². The summed E-state index contributed by atoms with van der Waals surface area (Å²) in [5, 5.41) is 3.33. The molecule has 0 heterocycles. The molecule has 0 atom stereocenters. The quantitative estimate of drug-likeness (QED) is 0.331. The van der Waals surface area contributed by atoms with Crippen LogP contribution in [-0.4, -0.2) is 23.3 Å². The number of hydrazine groups is 2. The zero-order valence-electron chi connectivity index (χ0n) is 6.62. The fourth-order valence-electron chi connectivity index (χ4n) is 0.408. The lowest BCUT2D eigenvalue weighted by atomic mass is 10.8. The van der Waals surface area contributed by atoms with E-state index in [9.17, 15) is 9.59 Å². The van der Waals surface area contributed by atoms with Crippen LogP contribution in [0.25, 0.3) is 0 Å². The molecule has 0 fully saturated rings. The summed E-state index contributed by atoms with van der Waals surface area (Å²) in [6, 6.07) is -0.889. The van der Waals surface area contributed by atoms with Gasteiger partial charge in [0, 0.05) is 6.92 Å². The van der Waals surface area contributed by atoms with Gasteiger partial charge in [0.2, 0.25) is 5.91 Å². The Labute approximate surface area is 73.5 Å². The van der Waals surface area contributed by atoms with Gasteiger partial charge in [-0.2, -0.15) is 10.4 Å². The molecule has 0 rings (SSSR count). The van der Waals surface area contributed by atoms with Crippen molar-refractivity contribution in [1.29, 1.82) is 5.53 Å². The molecule has 7 nitrogen and oxygen atoms in total. The first-order valence-electron chi connectivity index (χ1n) is 2.89. The second-order valence-electron chi connectivity index (χ2n) is 1.69. The first-order chi connectivity index (χ1) is 5.61. The van der Waals surface area contributed by atoms with E-state index in [1.54, 1.807) is 6.26 Å². The van der Waals surface area contributed by atoms with Gasteiger partial charge in [-0.3, -0.25) is 4.79 Å². The Morgan fingerprint density at radius 2 is 2.17 bits per heavy atom. The maximum absolute atomic E-state index is 10.7. The minimum Gasteiger partial charge on any atom is -0.274 e. The first kappa shape index (κ1) is 10.8. The van der Waals surface area contributed by atoms with Gasteiger partial charge in [0.15, 0.2) is 0 Å². The van der Waals surface area contributed by atoms with Crippen molar-refractivity contribution in [2.24, 2.45) is 5.11 Å². The number of carbonyl (C=O) groups excluding carboxylic acids is 2. The molecule has 0 radical (unpaired) electrons. The van der Waals surface area contributed by atoms with E-state index >= 15 is 0 Å². The van der Waals surface area contributed by atoms with Crippen LogP contribution in [0.5, 0.6) is 0 Å². The molecule has 0 saturated heterocycles. The van der Waals surface area contributed by atoms with Crippen molar-refractivity contribution in [2.75, 3.05) is 6.26 Å². The largest absolute Gasteiger partial charge is 0.396 e. The molecule has 0 aliphatic rings. The predicted octanol–water partition coefficient (Wildman–Crippen LogP) is 0.273. The normalized spacial score (nSPS) is 8.83. The fraction of sp³-hybridized carbons (Fsp3) is 0.500. The van der Waals surface area contributed by atoms with Crippen LogP contribution >= 0.6 is 11.9 Å². The summed E-state index contributed by atoms with van der Waals surface area (Å²) < 4.78 is 0. The van der Waals surface area contributed by atoms with Gasteiger partial charge in [-0.1, -0.05) is 17.1 Å². The number of urea groups is 1. The molecule has 3 amide bonds. The van der Waals surface area contributed by atoms with E-state index in [0.29, 0.717) is 0 Å². The highest BCUT2D eigenvalue weighted by Gasteiger charge is 2.12. The van der Waals surface area contributed by atoms with Crippen LogP contribution in [0.15, 0.2) is 5.11 Å². The number of rotatable bonds is 2. The molecular weight excluding hydrogens is 182 g/mol. The number of amides is 3. The third kappa shape index (κ3) is 3.88. The van der Waals surface area contributed by atoms with Gasteiger partial charge < -0.3 is 0 Å². The lowest BCUT2D eigenvalue weighted by Gasteiger charge is -2.17. The Balaban J connectivity index is 4.11. The fourth-order valence-corrected chi connectivity index (χ4v) is 0.715. The van der Waals surface area contributed by atoms with Crippen LogP contribution in [-0.2, 0) is 4.79 Å². The molecule has 12 heavy (non-hydrogen) atoms. The Morgan fingerprint density at radius 1 is 1.58 bits per heavy atom. The zero-order valence-corrected chi connectivity index (χ0v) is 7.44. The van der Waals surface area contributed by atoms with Crippen molar-refractivity contribution in [1.82, 2.24) is 15.4 Å². The van der Waals surface area contributed by atoms with Crippen molar-refractivity contribution in [3.63, 3.8) is 0 Å². The molecule has 8 heteroatoms. The molecule has 0 spiro atoms. The Morgan fingerprint density at radius 3 is 2.50 bits per heavy atom. The van der Waals surface area contributed by atoms with E-state index in [1.165, 1.54) is 6.92 Å². The predicted molar refractivity (Wildman–Crippen MR) is 42.9 cm³/mol. The summed E-state index contributed by atoms with van der Waals surface area (Å²) in [6.45, 7) is 1.24. The molecule has 0 aliphatic carbocycles. The number of hydrogen-bond acceptors (Lipinski definition) is 5. The summed E-state index contributed by atoms with van der Waals surface area (Å²) in [6.07, 6.45) is 1.66. The van der Waals surface area contributed by atoms with E-state index in [1.807, 2.05) is 0 Å². The summed E-state index contributed by atoms with van der Waals surface area (Å²) in [5.41, 5.74) is 8.53. The van der Waals surface area contributed by atoms with E-state index in [0.717, 1.165) is 17.1 Å². The Bertz CT molecular complexity index is 196. The van der Waals surface area contributed by atoms with Gasteiger partial charge >= 0.3 is 6.03 Å². The van der Waals surface area contributed by atoms with E-state index in [4.69, 9.17) is 5.53 Å². The average molecular weight is 191 g/mol. The third-order valence-corrected chi connectivity index (χ3v) is 1.10. The highest BCUT2D eigenvalue weighted by atomic mass is 32.2. The van der Waals surface area contributed by atoms with Gasteiger partial charge in [0.25, 0.3) is 0 Å². The lowest BCUT2D eigenvalue weighted by Crippen LogP contribution is -2.49. The maximum Gasteiger partial charge on any atom is 0.396 e. The van der Waals surface area contributed by atoms with Gasteiger partial charge in [0.1, 0.15) is 0 Å². The summed E-state index contributed by atoms with van der Waals surface area (Å²) in [4.78, 5) is 23.6. The van der Waals surface area contributed by atoms with Crippen molar-refractivity contribution in [2.45, 2.75) is 6.92 Å². The molecule has 0 saturated carbocycles. The summed E-state index contributed by atoms with van der Waals surface area (Å²) in [5.74, 6) is -0.423. The molecule has 3 N–H and O–H groups in total. The standard InChI is InChI=1S/C4H9N5O2S/c1-3(10)7-9(8-12-2)4(11)6-5/h5,8H,1-2H3,(H,7,10). The second kappa shape index (κ2) is 5.49. The van der Waals surface area contributed by atoms with E-state index in [-0.39, 0.29) is 0 Å². The smallest absolute Gasteiger partial charge is 0.274 e. The summed E-state index contributed by atoms with van der Waals surface area (Å²) >= 11 is 1.09. The highest BCUT2D eigenvalue weighted by molar-refractivity contribution is 7.96. The minimum atomic E-state index is -0.889. The third-order valence-electron chi connectivity index (χ3n) is 0.739. The van der Waals surface area contributed by atoms with Crippen LogP contribution in [0, 0.1) is 5.53 Å². The van der Waals surface area contributed by atoms with Crippen LogP contribution in [0.4, 0.5) is 4.79 Å². The topological polar surface area (TPSA) is 97.7 Å². The molecular formula is C4H9N5O2S. The first-order valence-corrected chi connectivity index (χ1v) is 4.11. The number of hydrogen-bond donors (Lipinski definition) is 3. The lowest BCUT2D eigenvalue weighted by molar-refractivity contribution is -0.122. The summed E-state index contributed by atoms with van der Waals surface area (Å²) in [7, 11) is 0. The van der Waals surface area contributed by atoms with Gasteiger partial charge in [-0.05, 0) is 6.26 Å². The van der Waals surface area contributed by atoms with Gasteiger partial charge in [-0.15, -0.1) is 5.12 Å². The number of nitrogens with one attached hydrogen (secondary N) is 3. The van der Waals surface area contributed by atoms with Crippen LogP contribution in [0.1, 0.15) is 6.92 Å². The zero-order chi connectivity index (χ0) is 9.56. The number of nitrogens with zero attached hydrogens (tertiary/aromatic N) is 2. The minimum absolute atomic E-state index is 0.423. The number of carbonyl (C=O) groups is 2. The highest BCUT2D eigenvalue weighted by Crippen LogP contribution is 1.90. The second-order valence-corrected chi connectivity index (χ2v) is 2.28. The maximum atomic E-state index is 10.7. The van der Waals surface area contributed by atoms with Crippen LogP contribution < -0.4 is 10.3 Å². The van der Waals surface area contributed by atoms with Gasteiger partial charge in [-0.25, -0.2) is 10.2 Å². The molecule has 0 aromatic heterocycles. The molecule has 0 aromatic rings. The van der Waals surface area contributed by atoms with Crippen molar-refractivity contribution in [3.8, 4) is 0 Å². The monoisotopic (exact) mass is 191 g/mol. The molecule has 68 valence electrons. The van der Waals surface area contributed by atoms with Crippen molar-refractivity contribution >= 4 is 23.9 Å². The Kier molecular flexibility index (Phi) is 4.97. The molecule has 0 bridgehead atoms. The van der Waals surface area contributed by atoms with Crippen LogP contribution in [0.3, 0.4) is 0 Å². The van der Waals surface area contributed by atoms with Crippen molar-refractivity contribution in [3.05, 3.63) is 0 Å². The molecule has 0 unspecified atom stereocenters. The molecule has 0 aliphatic heterocycles. The average Bonchev–Trinajstić information content (AvgIpc) is 2.01.